The zero-order valence-electron chi connectivity index (χ0n) is 14.6. The van der Waals surface area contributed by atoms with Crippen molar-refractivity contribution in [1.29, 1.82) is 0 Å². The number of carbonyl (C=O) groups is 2. The van der Waals surface area contributed by atoms with Crippen molar-refractivity contribution in [2.45, 2.75) is 46.0 Å². The second-order valence-electron chi connectivity index (χ2n) is 6.73. The van der Waals surface area contributed by atoms with Crippen LogP contribution in [-0.2, 0) is 4.74 Å². The van der Waals surface area contributed by atoms with E-state index in [-0.39, 0.29) is 16.9 Å². The van der Waals surface area contributed by atoms with Gasteiger partial charge in [0.1, 0.15) is 0 Å². The van der Waals surface area contributed by atoms with E-state index >= 15 is 0 Å². The fourth-order valence-electron chi connectivity index (χ4n) is 3.48. The lowest BCUT2D eigenvalue weighted by atomic mass is 9.83. The lowest BCUT2D eigenvalue weighted by molar-refractivity contribution is 0.0696. The zero-order valence-corrected chi connectivity index (χ0v) is 14.6. The summed E-state index contributed by atoms with van der Waals surface area (Å²) in [5.41, 5.74) is 1.44. The fraction of sp³-hybridized carbons (Fsp3) is 0.579. The van der Waals surface area contributed by atoms with Crippen molar-refractivity contribution in [1.82, 2.24) is 5.32 Å². The highest BCUT2D eigenvalue weighted by atomic mass is 16.5. The number of rotatable bonds is 8. The maximum atomic E-state index is 12.5. The highest BCUT2D eigenvalue weighted by Gasteiger charge is 2.33. The summed E-state index contributed by atoms with van der Waals surface area (Å²) >= 11 is 0. The smallest absolute Gasteiger partial charge is 0.335 e. The van der Waals surface area contributed by atoms with Gasteiger partial charge in [0.25, 0.3) is 5.91 Å². The second-order valence-corrected chi connectivity index (χ2v) is 6.73. The Hall–Kier alpha value is -1.88. The molecule has 1 saturated carbocycles. The summed E-state index contributed by atoms with van der Waals surface area (Å²) in [6, 6.07) is 4.73. The van der Waals surface area contributed by atoms with Crippen LogP contribution in [0.2, 0.25) is 0 Å². The van der Waals surface area contributed by atoms with Crippen LogP contribution in [0.4, 0.5) is 0 Å². The molecule has 0 unspecified atom stereocenters. The van der Waals surface area contributed by atoms with Crippen molar-refractivity contribution in [2.75, 3.05) is 19.8 Å². The van der Waals surface area contributed by atoms with E-state index in [0.717, 1.165) is 31.4 Å². The lowest BCUT2D eigenvalue weighted by Crippen LogP contribution is -2.37. The van der Waals surface area contributed by atoms with E-state index in [9.17, 15) is 9.59 Å². The van der Waals surface area contributed by atoms with Gasteiger partial charge in [0.05, 0.1) is 5.56 Å². The Morgan fingerprint density at radius 1 is 1.21 bits per heavy atom. The normalized spacial score (nSPS) is 16.1. The van der Waals surface area contributed by atoms with E-state index in [4.69, 9.17) is 9.84 Å². The number of ether oxygens (including phenoxy) is 1. The molecule has 1 aromatic rings. The average molecular weight is 333 g/mol. The molecule has 0 aromatic heterocycles. The van der Waals surface area contributed by atoms with E-state index in [1.165, 1.54) is 18.9 Å². The van der Waals surface area contributed by atoms with Crippen molar-refractivity contribution in [3.8, 4) is 0 Å². The molecule has 0 bridgehead atoms. The molecule has 1 fully saturated rings. The molecule has 24 heavy (non-hydrogen) atoms. The molecule has 0 saturated heterocycles. The first-order valence-electron chi connectivity index (χ1n) is 8.67. The summed E-state index contributed by atoms with van der Waals surface area (Å²) in [5.74, 6) is -1.22. The Balaban J connectivity index is 2.02. The quantitative estimate of drug-likeness (QED) is 0.715. The predicted octanol–water partition coefficient (Wildman–Crippen LogP) is 3.41. The van der Waals surface area contributed by atoms with Crippen LogP contribution in [-0.4, -0.2) is 36.7 Å². The number of carboxylic acid groups (broad SMARTS) is 1. The summed E-state index contributed by atoms with van der Waals surface area (Å²) in [6.07, 6.45) is 5.55. The molecule has 5 nitrogen and oxygen atoms in total. The van der Waals surface area contributed by atoms with Gasteiger partial charge >= 0.3 is 5.97 Å². The number of aromatic carboxylic acids is 1. The van der Waals surface area contributed by atoms with Gasteiger partial charge in [-0.1, -0.05) is 12.8 Å². The third-order valence-corrected chi connectivity index (χ3v) is 4.86. The molecule has 0 radical (unpaired) electrons. The van der Waals surface area contributed by atoms with Crippen LogP contribution in [0.25, 0.3) is 0 Å². The molecule has 132 valence electrons. The van der Waals surface area contributed by atoms with Crippen LogP contribution in [0.1, 0.15) is 65.3 Å². The SMILES string of the molecule is CCOCCC1(CNC(=O)c2cc(C)cc(C(=O)O)c2)CCCC1. The molecule has 2 N–H and O–H groups in total. The lowest BCUT2D eigenvalue weighted by Gasteiger charge is -2.29. The minimum atomic E-state index is -1.02. The Labute approximate surface area is 143 Å². The number of aryl methyl sites for hydroxylation is 1. The highest BCUT2D eigenvalue weighted by molar-refractivity contribution is 5.97. The van der Waals surface area contributed by atoms with Crippen LogP contribution in [0, 0.1) is 12.3 Å². The van der Waals surface area contributed by atoms with Crippen LogP contribution in [0.3, 0.4) is 0 Å². The Morgan fingerprint density at radius 3 is 2.50 bits per heavy atom. The first-order valence-corrected chi connectivity index (χ1v) is 8.67. The average Bonchev–Trinajstić information content (AvgIpc) is 3.01. The first-order chi connectivity index (χ1) is 11.5. The monoisotopic (exact) mass is 333 g/mol. The number of nitrogens with one attached hydrogen (secondary N) is 1. The number of carbonyl (C=O) groups excluding carboxylic acids is 1. The summed E-state index contributed by atoms with van der Waals surface area (Å²) in [7, 11) is 0. The maximum Gasteiger partial charge on any atom is 0.335 e. The topological polar surface area (TPSA) is 75.6 Å². The third kappa shape index (κ3) is 4.81. The van der Waals surface area contributed by atoms with Crippen molar-refractivity contribution < 1.29 is 19.4 Å². The number of hydrogen-bond donors (Lipinski definition) is 2. The number of benzene rings is 1. The van der Waals surface area contributed by atoms with Crippen LogP contribution >= 0.6 is 0 Å². The minimum Gasteiger partial charge on any atom is -0.478 e. The molecule has 0 heterocycles. The molecule has 1 aliphatic rings. The second kappa shape index (κ2) is 8.29. The Morgan fingerprint density at radius 2 is 1.88 bits per heavy atom. The van der Waals surface area contributed by atoms with Crippen molar-refractivity contribution >= 4 is 11.9 Å². The molecule has 2 rings (SSSR count). The van der Waals surface area contributed by atoms with Gasteiger partial charge in [0.2, 0.25) is 0 Å². The first kappa shape index (κ1) is 18.5. The maximum absolute atomic E-state index is 12.5. The summed E-state index contributed by atoms with van der Waals surface area (Å²) in [4.78, 5) is 23.6. The van der Waals surface area contributed by atoms with Gasteiger partial charge < -0.3 is 15.2 Å². The van der Waals surface area contributed by atoms with Crippen LogP contribution < -0.4 is 5.32 Å². The van der Waals surface area contributed by atoms with Crippen LogP contribution in [0.15, 0.2) is 18.2 Å². The van der Waals surface area contributed by atoms with E-state index in [0.29, 0.717) is 18.7 Å². The standard InChI is InChI=1S/C19H27NO4/c1-3-24-9-8-19(6-4-5-7-19)13-20-17(21)15-10-14(2)11-16(12-15)18(22)23/h10-12H,3-9,13H2,1-2H3,(H,20,21)(H,22,23). The Kier molecular flexibility index (Phi) is 6.37. The summed E-state index contributed by atoms with van der Waals surface area (Å²) in [6.45, 7) is 5.84. The third-order valence-electron chi connectivity index (χ3n) is 4.86. The van der Waals surface area contributed by atoms with Crippen LogP contribution in [0.5, 0.6) is 0 Å². The zero-order chi connectivity index (χ0) is 17.6. The number of hydrogen-bond acceptors (Lipinski definition) is 3. The van der Waals surface area contributed by atoms with Gasteiger partial charge in [0.15, 0.2) is 0 Å². The summed E-state index contributed by atoms with van der Waals surface area (Å²) < 4.78 is 5.49. The van der Waals surface area contributed by atoms with Gasteiger partial charge in [-0.05, 0) is 62.3 Å². The largest absolute Gasteiger partial charge is 0.478 e. The van der Waals surface area contributed by atoms with Gasteiger partial charge in [-0.3, -0.25) is 4.79 Å². The van der Waals surface area contributed by atoms with E-state index in [2.05, 4.69) is 5.32 Å². The molecule has 1 aliphatic carbocycles. The molecular weight excluding hydrogens is 306 g/mol. The summed E-state index contributed by atoms with van der Waals surface area (Å²) in [5, 5.41) is 12.1. The number of carboxylic acids is 1. The highest BCUT2D eigenvalue weighted by Crippen LogP contribution is 2.40. The Bertz CT molecular complexity index is 591. The number of amides is 1. The van der Waals surface area contributed by atoms with Gasteiger partial charge in [-0.25, -0.2) is 4.79 Å². The molecule has 1 aromatic carbocycles. The van der Waals surface area contributed by atoms with Crippen molar-refractivity contribution in [2.24, 2.45) is 5.41 Å². The van der Waals surface area contributed by atoms with Gasteiger partial charge in [-0.2, -0.15) is 0 Å². The molecule has 0 aliphatic heterocycles. The predicted molar refractivity (Wildman–Crippen MR) is 92.5 cm³/mol. The van der Waals surface area contributed by atoms with E-state index in [1.807, 2.05) is 6.92 Å². The molecular formula is C19H27NO4. The molecule has 0 spiro atoms. The fourth-order valence-corrected chi connectivity index (χ4v) is 3.48. The molecule has 5 heteroatoms. The minimum absolute atomic E-state index is 0.115. The van der Waals surface area contributed by atoms with E-state index < -0.39 is 5.97 Å². The van der Waals surface area contributed by atoms with Gasteiger partial charge in [-0.15, -0.1) is 0 Å². The van der Waals surface area contributed by atoms with E-state index in [1.54, 1.807) is 19.1 Å². The van der Waals surface area contributed by atoms with Gasteiger partial charge in [0, 0.05) is 25.3 Å². The molecule has 0 atom stereocenters. The molecule has 1 amide bonds. The van der Waals surface area contributed by atoms with Crippen molar-refractivity contribution in [3.63, 3.8) is 0 Å². The van der Waals surface area contributed by atoms with Crippen molar-refractivity contribution in [3.05, 3.63) is 34.9 Å².